The highest BCUT2D eigenvalue weighted by Crippen LogP contribution is 2.28. The average Bonchev–Trinajstić information content (AvgIpc) is 3.48. The lowest BCUT2D eigenvalue weighted by Gasteiger charge is -2.34. The molecule has 1 fully saturated rings. The van der Waals surface area contributed by atoms with Crippen LogP contribution in [0.1, 0.15) is 47.9 Å². The lowest BCUT2D eigenvalue weighted by molar-refractivity contribution is -0.384. The van der Waals surface area contributed by atoms with Crippen LogP contribution in [0, 0.1) is 24.0 Å². The Morgan fingerprint density at radius 3 is 2.23 bits per heavy atom. The quantitative estimate of drug-likeness (QED) is 0.236. The molecule has 1 aliphatic carbocycles. The second kappa shape index (κ2) is 13.8. The number of aryl methyl sites for hydroxylation is 2. The first-order valence-corrected chi connectivity index (χ1v) is 16.2. The SMILES string of the molecule is Cc1ccc(CN(C(=O)CN(c2cc([N+](=O)[O-])ccc2C)S(C)(=O)=O)[C@H](Cc2ccccc2)C(=O)NC2CCCC2)cc1. The third kappa shape index (κ3) is 8.41. The van der Waals surface area contributed by atoms with Crippen molar-refractivity contribution < 1.29 is 22.9 Å². The van der Waals surface area contributed by atoms with Gasteiger partial charge in [-0.25, -0.2) is 8.42 Å². The Hall–Kier alpha value is -4.25. The molecule has 4 rings (SSSR count). The van der Waals surface area contributed by atoms with Crippen LogP contribution in [0.5, 0.6) is 0 Å². The molecule has 1 aliphatic rings. The van der Waals surface area contributed by atoms with Crippen molar-refractivity contribution in [3.63, 3.8) is 0 Å². The number of carbonyl (C=O) groups is 2. The smallest absolute Gasteiger partial charge is 0.271 e. The topological polar surface area (TPSA) is 130 Å². The maximum absolute atomic E-state index is 14.3. The molecular formula is C32H38N4O6S. The molecule has 0 aromatic heterocycles. The molecule has 2 amide bonds. The van der Waals surface area contributed by atoms with E-state index in [0.717, 1.165) is 59.0 Å². The Morgan fingerprint density at radius 1 is 0.977 bits per heavy atom. The second-order valence-corrected chi connectivity index (χ2v) is 13.1. The zero-order valence-electron chi connectivity index (χ0n) is 24.7. The number of nitro benzene ring substituents is 1. The highest BCUT2D eigenvalue weighted by Gasteiger charge is 2.34. The maximum atomic E-state index is 14.3. The monoisotopic (exact) mass is 606 g/mol. The number of nitro groups is 1. The zero-order valence-corrected chi connectivity index (χ0v) is 25.5. The van der Waals surface area contributed by atoms with Crippen LogP contribution in [0.25, 0.3) is 0 Å². The van der Waals surface area contributed by atoms with Crippen molar-refractivity contribution in [2.24, 2.45) is 0 Å². The van der Waals surface area contributed by atoms with Gasteiger partial charge in [0.05, 0.1) is 16.9 Å². The molecule has 0 aliphatic heterocycles. The summed E-state index contributed by atoms with van der Waals surface area (Å²) >= 11 is 0. The van der Waals surface area contributed by atoms with E-state index in [1.54, 1.807) is 6.92 Å². The van der Waals surface area contributed by atoms with E-state index in [1.165, 1.54) is 17.0 Å². The van der Waals surface area contributed by atoms with Gasteiger partial charge in [-0.3, -0.25) is 24.0 Å². The van der Waals surface area contributed by atoms with Crippen LogP contribution in [-0.4, -0.2) is 54.9 Å². The summed E-state index contributed by atoms with van der Waals surface area (Å²) in [7, 11) is -4.05. The van der Waals surface area contributed by atoms with Crippen molar-refractivity contribution in [3.05, 3.63) is 105 Å². The van der Waals surface area contributed by atoms with E-state index >= 15 is 0 Å². The molecule has 1 saturated carbocycles. The van der Waals surface area contributed by atoms with Gasteiger partial charge in [-0.1, -0.05) is 79.1 Å². The number of sulfonamides is 1. The lowest BCUT2D eigenvalue weighted by atomic mass is 10.0. The average molecular weight is 607 g/mol. The van der Waals surface area contributed by atoms with Crippen LogP contribution in [0.4, 0.5) is 11.4 Å². The molecule has 228 valence electrons. The Bertz CT molecular complexity index is 1550. The Kier molecular flexibility index (Phi) is 10.2. The molecule has 43 heavy (non-hydrogen) atoms. The minimum atomic E-state index is -4.05. The Labute approximate surface area is 252 Å². The summed E-state index contributed by atoms with van der Waals surface area (Å²) < 4.78 is 27.0. The molecule has 0 spiro atoms. The predicted molar refractivity (Wildman–Crippen MR) is 166 cm³/mol. The lowest BCUT2D eigenvalue weighted by Crippen LogP contribution is -2.54. The van der Waals surface area contributed by atoms with Gasteiger partial charge >= 0.3 is 0 Å². The fraction of sp³-hybridized carbons (Fsp3) is 0.375. The van der Waals surface area contributed by atoms with E-state index in [2.05, 4.69) is 5.32 Å². The van der Waals surface area contributed by atoms with Gasteiger partial charge in [0.1, 0.15) is 12.6 Å². The first-order valence-electron chi connectivity index (χ1n) is 14.3. The van der Waals surface area contributed by atoms with E-state index in [9.17, 15) is 28.1 Å². The number of anilines is 1. The van der Waals surface area contributed by atoms with Crippen molar-refractivity contribution >= 4 is 33.2 Å². The van der Waals surface area contributed by atoms with Crippen LogP contribution in [0.15, 0.2) is 72.8 Å². The number of rotatable bonds is 12. The summed E-state index contributed by atoms with van der Waals surface area (Å²) in [6, 6.07) is 19.9. The van der Waals surface area contributed by atoms with Crippen molar-refractivity contribution in [1.29, 1.82) is 0 Å². The van der Waals surface area contributed by atoms with Gasteiger partial charge < -0.3 is 10.2 Å². The van der Waals surface area contributed by atoms with Crippen molar-refractivity contribution in [2.45, 2.75) is 64.6 Å². The van der Waals surface area contributed by atoms with E-state index in [1.807, 2.05) is 61.5 Å². The molecule has 0 radical (unpaired) electrons. The summed E-state index contributed by atoms with van der Waals surface area (Å²) in [5, 5.41) is 14.6. The van der Waals surface area contributed by atoms with E-state index in [-0.39, 0.29) is 36.3 Å². The summed E-state index contributed by atoms with van der Waals surface area (Å²) in [6.07, 6.45) is 4.95. The van der Waals surface area contributed by atoms with Gasteiger partial charge in [0.15, 0.2) is 0 Å². The van der Waals surface area contributed by atoms with Gasteiger partial charge in [-0.15, -0.1) is 0 Å². The summed E-state index contributed by atoms with van der Waals surface area (Å²) in [5.74, 6) is -0.895. The highest BCUT2D eigenvalue weighted by molar-refractivity contribution is 7.92. The van der Waals surface area contributed by atoms with Crippen LogP contribution >= 0.6 is 0 Å². The standard InChI is InChI=1S/C32H38N4O6S/c1-23-13-16-26(17-14-23)21-34(30(19-25-9-5-4-6-10-25)32(38)33-27-11-7-8-12-27)31(37)22-35(43(3,41)42)29-20-28(36(39)40)18-15-24(29)2/h4-6,9-10,13-18,20,27,30H,7-8,11-12,19,21-22H2,1-3H3,(H,33,38)/t30-/m1/s1. The predicted octanol–water partition coefficient (Wildman–Crippen LogP) is 4.68. The minimum Gasteiger partial charge on any atom is -0.352 e. The molecule has 1 atom stereocenters. The third-order valence-corrected chi connectivity index (χ3v) is 8.92. The first-order chi connectivity index (χ1) is 20.4. The molecule has 0 unspecified atom stereocenters. The fourth-order valence-corrected chi connectivity index (χ4v) is 6.29. The second-order valence-electron chi connectivity index (χ2n) is 11.2. The van der Waals surface area contributed by atoms with Crippen LogP contribution in [0.2, 0.25) is 0 Å². The van der Waals surface area contributed by atoms with Gasteiger partial charge in [-0.05, 0) is 43.4 Å². The van der Waals surface area contributed by atoms with Crippen molar-refractivity contribution in [3.8, 4) is 0 Å². The number of amides is 2. The van der Waals surface area contributed by atoms with E-state index < -0.39 is 33.4 Å². The van der Waals surface area contributed by atoms with Crippen molar-refractivity contribution in [1.82, 2.24) is 10.2 Å². The van der Waals surface area contributed by atoms with Crippen molar-refractivity contribution in [2.75, 3.05) is 17.1 Å². The zero-order chi connectivity index (χ0) is 31.1. The van der Waals surface area contributed by atoms with Gasteiger partial charge in [0.25, 0.3) is 5.69 Å². The molecule has 0 heterocycles. The molecule has 0 bridgehead atoms. The van der Waals surface area contributed by atoms with E-state index in [0.29, 0.717) is 5.56 Å². The molecule has 1 N–H and O–H groups in total. The summed E-state index contributed by atoms with van der Waals surface area (Å²) in [6.45, 7) is 3.01. The van der Waals surface area contributed by atoms with Gasteiger partial charge in [0.2, 0.25) is 21.8 Å². The number of hydrogen-bond acceptors (Lipinski definition) is 6. The molecule has 3 aromatic carbocycles. The normalized spacial score (nSPS) is 14.2. The molecular weight excluding hydrogens is 568 g/mol. The third-order valence-electron chi connectivity index (χ3n) is 7.80. The van der Waals surface area contributed by atoms with Crippen LogP contribution in [0.3, 0.4) is 0 Å². The molecule has 11 heteroatoms. The van der Waals surface area contributed by atoms with Crippen LogP contribution in [-0.2, 0) is 32.6 Å². The van der Waals surface area contributed by atoms with Crippen LogP contribution < -0.4 is 9.62 Å². The number of carbonyl (C=O) groups excluding carboxylic acids is 2. The highest BCUT2D eigenvalue weighted by atomic mass is 32.2. The number of non-ortho nitro benzene ring substituents is 1. The fourth-order valence-electron chi connectivity index (χ4n) is 5.39. The molecule has 10 nitrogen and oxygen atoms in total. The van der Waals surface area contributed by atoms with Gasteiger partial charge in [-0.2, -0.15) is 0 Å². The number of benzene rings is 3. The summed E-state index contributed by atoms with van der Waals surface area (Å²) in [5.41, 5.74) is 2.86. The number of hydrogen-bond donors (Lipinski definition) is 1. The summed E-state index contributed by atoms with van der Waals surface area (Å²) in [4.78, 5) is 40.5. The Balaban J connectivity index is 1.76. The first kappa shape index (κ1) is 31.7. The minimum absolute atomic E-state index is 0.0159. The number of nitrogens with zero attached hydrogens (tertiary/aromatic N) is 3. The van der Waals surface area contributed by atoms with E-state index in [4.69, 9.17) is 0 Å². The van der Waals surface area contributed by atoms with Gasteiger partial charge in [0, 0.05) is 31.1 Å². The molecule has 3 aromatic rings. The maximum Gasteiger partial charge on any atom is 0.271 e. The Morgan fingerprint density at radius 2 is 1.63 bits per heavy atom. The molecule has 0 saturated heterocycles. The number of nitrogens with one attached hydrogen (secondary N) is 1. The largest absolute Gasteiger partial charge is 0.352 e.